The van der Waals surface area contributed by atoms with Crippen LogP contribution in [-0.4, -0.2) is 12.7 Å². The highest BCUT2D eigenvalue weighted by atomic mass is 16.5. The molecule has 0 radical (unpaired) electrons. The number of ether oxygens (including phenoxy) is 1. The van der Waals surface area contributed by atoms with Gasteiger partial charge in [-0.3, -0.25) is 0 Å². The average Bonchev–Trinajstić information content (AvgIpc) is 1.79. The molecule has 0 heterocycles. The van der Waals surface area contributed by atoms with E-state index in [0.717, 1.165) is 17.9 Å². The first kappa shape index (κ1) is 9.51. The molecule has 1 heteroatoms. The normalized spacial score (nSPS) is 42.0. The molecule has 0 amide bonds. The maximum absolute atomic E-state index is 5.71. The summed E-state index contributed by atoms with van der Waals surface area (Å²) in [6, 6.07) is 0. The zero-order chi connectivity index (χ0) is 9.69. The quantitative estimate of drug-likeness (QED) is 0.648. The van der Waals surface area contributed by atoms with Crippen LogP contribution in [-0.2, 0) is 4.74 Å². The maximum atomic E-state index is 5.71. The first-order valence-electron chi connectivity index (χ1n) is 5.60. The monoisotopic (exact) mass is 182 g/mol. The van der Waals surface area contributed by atoms with Gasteiger partial charge in [-0.25, -0.2) is 0 Å². The van der Waals surface area contributed by atoms with Crippen LogP contribution in [0.2, 0.25) is 0 Å². The van der Waals surface area contributed by atoms with E-state index in [-0.39, 0.29) is 0 Å². The van der Waals surface area contributed by atoms with Crippen LogP contribution >= 0.6 is 0 Å². The Labute approximate surface area is 81.9 Å². The summed E-state index contributed by atoms with van der Waals surface area (Å²) < 4.78 is 5.71. The molecule has 0 atom stereocenters. The smallest absolute Gasteiger partial charge is 0.0526 e. The van der Waals surface area contributed by atoms with E-state index in [0.29, 0.717) is 11.5 Å². The Morgan fingerprint density at radius 2 is 1.62 bits per heavy atom. The summed E-state index contributed by atoms with van der Waals surface area (Å²) >= 11 is 0. The first-order chi connectivity index (χ1) is 5.98. The molecule has 0 spiro atoms. The Morgan fingerprint density at radius 1 is 1.08 bits per heavy atom. The van der Waals surface area contributed by atoms with Crippen molar-refractivity contribution in [2.24, 2.45) is 16.7 Å². The third-order valence-electron chi connectivity index (χ3n) is 4.13. The summed E-state index contributed by atoms with van der Waals surface area (Å²) in [6.45, 7) is 10.0. The second-order valence-electron chi connectivity index (χ2n) is 5.91. The highest BCUT2D eigenvalue weighted by Crippen LogP contribution is 2.76. The topological polar surface area (TPSA) is 9.23 Å². The maximum Gasteiger partial charge on any atom is 0.0526 e. The van der Waals surface area contributed by atoms with Crippen LogP contribution in [0, 0.1) is 16.7 Å². The Hall–Kier alpha value is -0.0400. The van der Waals surface area contributed by atoms with Crippen molar-refractivity contribution in [1.29, 1.82) is 0 Å². The number of hydrogen-bond donors (Lipinski definition) is 0. The van der Waals surface area contributed by atoms with E-state index in [1.807, 2.05) is 0 Å². The summed E-state index contributed by atoms with van der Waals surface area (Å²) in [5, 5.41) is 0. The molecule has 3 aliphatic rings. The molecule has 0 unspecified atom stereocenters. The average molecular weight is 182 g/mol. The molecule has 3 fully saturated rings. The second-order valence-corrected chi connectivity index (χ2v) is 5.91. The van der Waals surface area contributed by atoms with Gasteiger partial charge in [0.05, 0.1) is 12.7 Å². The van der Waals surface area contributed by atoms with Crippen molar-refractivity contribution in [3.8, 4) is 0 Å². The lowest BCUT2D eigenvalue weighted by molar-refractivity contribution is -0.256. The lowest BCUT2D eigenvalue weighted by Crippen LogP contribution is -2.65. The fourth-order valence-electron chi connectivity index (χ4n) is 3.19. The molecule has 0 N–H and O–H groups in total. The van der Waals surface area contributed by atoms with E-state index in [1.165, 1.54) is 19.3 Å². The van der Waals surface area contributed by atoms with Gasteiger partial charge in [0.1, 0.15) is 0 Å². The number of hydrogen-bond acceptors (Lipinski definition) is 1. The lowest BCUT2D eigenvalue weighted by atomic mass is 9.32. The van der Waals surface area contributed by atoms with Gasteiger partial charge in [-0.1, -0.05) is 13.8 Å². The molecule has 3 aliphatic carbocycles. The minimum absolute atomic E-state index is 0.407. The SMILES string of the molecule is CC(C)OCC12CC(C(C)C)(C1)C2. The minimum Gasteiger partial charge on any atom is -0.378 e. The van der Waals surface area contributed by atoms with E-state index >= 15 is 0 Å². The minimum atomic E-state index is 0.407. The van der Waals surface area contributed by atoms with Crippen molar-refractivity contribution in [2.45, 2.75) is 53.1 Å². The van der Waals surface area contributed by atoms with E-state index in [9.17, 15) is 0 Å². The summed E-state index contributed by atoms with van der Waals surface area (Å²) in [5.41, 5.74) is 1.36. The van der Waals surface area contributed by atoms with Crippen molar-refractivity contribution in [3.05, 3.63) is 0 Å². The summed E-state index contributed by atoms with van der Waals surface area (Å²) in [4.78, 5) is 0. The fraction of sp³-hybridized carbons (Fsp3) is 1.00. The molecule has 76 valence electrons. The molecule has 0 aromatic carbocycles. The molecule has 0 aromatic heterocycles. The Balaban J connectivity index is 1.77. The molecule has 0 aliphatic heterocycles. The van der Waals surface area contributed by atoms with Crippen molar-refractivity contribution < 1.29 is 4.74 Å². The third-order valence-corrected chi connectivity index (χ3v) is 4.13. The van der Waals surface area contributed by atoms with Gasteiger partial charge >= 0.3 is 0 Å². The lowest BCUT2D eigenvalue weighted by Gasteiger charge is -2.73. The van der Waals surface area contributed by atoms with Crippen LogP contribution in [0.5, 0.6) is 0 Å². The van der Waals surface area contributed by atoms with Gasteiger partial charge in [0.25, 0.3) is 0 Å². The highest BCUT2D eigenvalue weighted by molar-refractivity contribution is 5.17. The van der Waals surface area contributed by atoms with Gasteiger partial charge in [-0.2, -0.15) is 0 Å². The zero-order valence-electron chi connectivity index (χ0n) is 9.39. The van der Waals surface area contributed by atoms with Crippen LogP contribution in [0.4, 0.5) is 0 Å². The molecule has 0 aromatic rings. The van der Waals surface area contributed by atoms with E-state index in [2.05, 4.69) is 27.7 Å². The van der Waals surface area contributed by atoms with E-state index < -0.39 is 0 Å². The second kappa shape index (κ2) is 2.73. The standard InChI is InChI=1S/C12H22O/c1-9(2)12-5-11(6-12,7-12)8-13-10(3)4/h9-10H,5-8H2,1-4H3. The van der Waals surface area contributed by atoms with Crippen LogP contribution in [0.3, 0.4) is 0 Å². The van der Waals surface area contributed by atoms with Gasteiger partial charge in [0.2, 0.25) is 0 Å². The molecule has 0 saturated heterocycles. The number of rotatable bonds is 4. The van der Waals surface area contributed by atoms with E-state index in [1.54, 1.807) is 0 Å². The molecule has 13 heavy (non-hydrogen) atoms. The van der Waals surface area contributed by atoms with Crippen molar-refractivity contribution in [1.82, 2.24) is 0 Å². The first-order valence-corrected chi connectivity index (χ1v) is 5.60. The predicted molar refractivity (Wildman–Crippen MR) is 54.6 cm³/mol. The fourth-order valence-corrected chi connectivity index (χ4v) is 3.19. The third kappa shape index (κ3) is 1.32. The van der Waals surface area contributed by atoms with Crippen LogP contribution in [0.1, 0.15) is 47.0 Å². The van der Waals surface area contributed by atoms with Crippen molar-refractivity contribution in [2.75, 3.05) is 6.61 Å². The van der Waals surface area contributed by atoms with Crippen molar-refractivity contribution >= 4 is 0 Å². The molecule has 2 bridgehead atoms. The summed E-state index contributed by atoms with van der Waals surface area (Å²) in [7, 11) is 0. The van der Waals surface area contributed by atoms with Crippen LogP contribution in [0.25, 0.3) is 0 Å². The van der Waals surface area contributed by atoms with Crippen molar-refractivity contribution in [3.63, 3.8) is 0 Å². The predicted octanol–water partition coefficient (Wildman–Crippen LogP) is 3.24. The van der Waals surface area contributed by atoms with Gasteiger partial charge < -0.3 is 4.74 Å². The van der Waals surface area contributed by atoms with Crippen LogP contribution in [0.15, 0.2) is 0 Å². The summed E-state index contributed by atoms with van der Waals surface area (Å²) in [6.07, 6.45) is 4.71. The van der Waals surface area contributed by atoms with Gasteiger partial charge in [-0.15, -0.1) is 0 Å². The zero-order valence-corrected chi connectivity index (χ0v) is 9.39. The Bertz CT molecular complexity index is 179. The molecular weight excluding hydrogens is 160 g/mol. The highest BCUT2D eigenvalue weighted by Gasteiger charge is 2.68. The van der Waals surface area contributed by atoms with Gasteiger partial charge in [-0.05, 0) is 49.9 Å². The molecular formula is C12H22O. The molecule has 3 saturated carbocycles. The Morgan fingerprint density at radius 3 is 2.00 bits per heavy atom. The van der Waals surface area contributed by atoms with Gasteiger partial charge in [0, 0.05) is 0 Å². The summed E-state index contributed by atoms with van der Waals surface area (Å²) in [5.74, 6) is 0.883. The Kier molecular flexibility index (Phi) is 1.99. The largest absolute Gasteiger partial charge is 0.378 e. The van der Waals surface area contributed by atoms with E-state index in [4.69, 9.17) is 4.74 Å². The van der Waals surface area contributed by atoms with Gasteiger partial charge in [0.15, 0.2) is 0 Å². The molecule has 3 rings (SSSR count). The van der Waals surface area contributed by atoms with Crippen LogP contribution < -0.4 is 0 Å². The molecule has 1 nitrogen and oxygen atoms in total.